The predicted molar refractivity (Wildman–Crippen MR) is 77.0 cm³/mol. The molecule has 0 aromatic carbocycles. The van der Waals surface area contributed by atoms with Gasteiger partial charge in [0, 0.05) is 30.6 Å². The van der Waals surface area contributed by atoms with Crippen LogP contribution in [-0.2, 0) is 0 Å². The van der Waals surface area contributed by atoms with Crippen LogP contribution >= 0.6 is 11.3 Å². The van der Waals surface area contributed by atoms with E-state index in [9.17, 15) is 5.11 Å². The maximum absolute atomic E-state index is 9.92. The van der Waals surface area contributed by atoms with E-state index in [-0.39, 0.29) is 6.10 Å². The first-order valence-electron chi connectivity index (χ1n) is 6.90. The van der Waals surface area contributed by atoms with E-state index in [1.165, 1.54) is 25.7 Å². The zero-order chi connectivity index (χ0) is 12.8. The van der Waals surface area contributed by atoms with Gasteiger partial charge in [0.05, 0.1) is 0 Å². The van der Waals surface area contributed by atoms with Gasteiger partial charge in [-0.05, 0) is 31.3 Å². The number of hydrogen-bond acceptors (Lipinski definition) is 4. The molecule has 1 fully saturated rings. The van der Waals surface area contributed by atoms with Crippen molar-refractivity contribution in [2.45, 2.75) is 37.8 Å². The first kappa shape index (κ1) is 14.0. The average molecular weight is 268 g/mol. The molecule has 1 aromatic heterocycles. The molecule has 0 bridgehead atoms. The molecule has 1 heterocycles. The summed E-state index contributed by atoms with van der Waals surface area (Å²) < 4.78 is 0. The summed E-state index contributed by atoms with van der Waals surface area (Å²) in [5.41, 5.74) is 0. The molecule has 0 amide bonds. The molecule has 1 unspecified atom stereocenters. The second-order valence-corrected chi connectivity index (χ2v) is 6.13. The summed E-state index contributed by atoms with van der Waals surface area (Å²) in [7, 11) is 2.22. The summed E-state index contributed by atoms with van der Waals surface area (Å²) in [4.78, 5) is 3.50. The maximum atomic E-state index is 9.92. The van der Waals surface area contributed by atoms with Crippen molar-refractivity contribution in [3.63, 3.8) is 0 Å². The van der Waals surface area contributed by atoms with Gasteiger partial charge in [-0.25, -0.2) is 0 Å². The normalized spacial score (nSPS) is 18.6. The zero-order valence-electron chi connectivity index (χ0n) is 11.1. The Morgan fingerprint density at radius 2 is 2.28 bits per heavy atom. The van der Waals surface area contributed by atoms with E-state index in [4.69, 9.17) is 0 Å². The molecule has 0 saturated heterocycles. The molecule has 1 aromatic rings. The lowest BCUT2D eigenvalue weighted by atomic mass is 10.2. The van der Waals surface area contributed by atoms with Crippen molar-refractivity contribution in [1.82, 2.24) is 10.2 Å². The first-order valence-corrected chi connectivity index (χ1v) is 7.78. The van der Waals surface area contributed by atoms with Crippen LogP contribution in [0.1, 0.15) is 36.7 Å². The summed E-state index contributed by atoms with van der Waals surface area (Å²) in [5, 5.41) is 15.3. The van der Waals surface area contributed by atoms with E-state index >= 15 is 0 Å². The molecular weight excluding hydrogens is 244 g/mol. The van der Waals surface area contributed by atoms with Crippen LogP contribution < -0.4 is 5.32 Å². The molecule has 0 radical (unpaired) electrons. The van der Waals surface area contributed by atoms with Crippen molar-refractivity contribution in [2.75, 3.05) is 26.7 Å². The molecule has 1 atom stereocenters. The smallest absolute Gasteiger partial charge is 0.101 e. The van der Waals surface area contributed by atoms with Gasteiger partial charge in [0.1, 0.15) is 6.10 Å². The van der Waals surface area contributed by atoms with Gasteiger partial charge in [-0.2, -0.15) is 0 Å². The quantitative estimate of drug-likeness (QED) is 0.745. The Balaban J connectivity index is 1.58. The molecule has 2 rings (SSSR count). The monoisotopic (exact) mass is 268 g/mol. The highest BCUT2D eigenvalue weighted by molar-refractivity contribution is 7.10. The lowest BCUT2D eigenvalue weighted by Gasteiger charge is -2.24. The minimum atomic E-state index is -0.359. The molecule has 2 N–H and O–H groups in total. The Morgan fingerprint density at radius 1 is 1.50 bits per heavy atom. The number of aliphatic hydroxyl groups excluding tert-OH is 1. The van der Waals surface area contributed by atoms with Gasteiger partial charge in [0.15, 0.2) is 0 Å². The molecule has 1 aliphatic carbocycles. The summed E-state index contributed by atoms with van der Waals surface area (Å²) in [6.45, 7) is 2.68. The van der Waals surface area contributed by atoms with Gasteiger partial charge in [-0.15, -0.1) is 11.3 Å². The highest BCUT2D eigenvalue weighted by atomic mass is 32.1. The topological polar surface area (TPSA) is 35.5 Å². The van der Waals surface area contributed by atoms with Crippen LogP contribution in [0, 0.1) is 0 Å². The van der Waals surface area contributed by atoms with E-state index in [2.05, 4.69) is 17.3 Å². The second-order valence-electron chi connectivity index (χ2n) is 5.15. The first-order chi connectivity index (χ1) is 8.77. The van der Waals surface area contributed by atoms with Gasteiger partial charge >= 0.3 is 0 Å². The van der Waals surface area contributed by atoms with Gasteiger partial charge in [-0.1, -0.05) is 18.9 Å². The fourth-order valence-electron chi connectivity index (χ4n) is 2.60. The third-order valence-corrected chi connectivity index (χ3v) is 4.77. The van der Waals surface area contributed by atoms with Crippen molar-refractivity contribution in [2.24, 2.45) is 0 Å². The van der Waals surface area contributed by atoms with Crippen molar-refractivity contribution >= 4 is 11.3 Å². The molecule has 0 aliphatic heterocycles. The van der Waals surface area contributed by atoms with Crippen LogP contribution in [0.2, 0.25) is 0 Å². The number of nitrogens with zero attached hydrogens (tertiary/aromatic N) is 1. The van der Waals surface area contributed by atoms with Crippen LogP contribution in [0.4, 0.5) is 0 Å². The lowest BCUT2D eigenvalue weighted by molar-refractivity contribution is 0.174. The van der Waals surface area contributed by atoms with Crippen LogP contribution in [0.5, 0.6) is 0 Å². The van der Waals surface area contributed by atoms with E-state index in [1.54, 1.807) is 11.3 Å². The highest BCUT2D eigenvalue weighted by Crippen LogP contribution is 2.22. The summed E-state index contributed by atoms with van der Waals surface area (Å²) in [6, 6.07) is 4.76. The second kappa shape index (κ2) is 7.24. The lowest BCUT2D eigenvalue weighted by Crippen LogP contribution is -2.36. The molecule has 1 saturated carbocycles. The van der Waals surface area contributed by atoms with Crippen LogP contribution in [0.3, 0.4) is 0 Å². The van der Waals surface area contributed by atoms with Crippen LogP contribution in [-0.4, -0.2) is 42.7 Å². The summed E-state index contributed by atoms with van der Waals surface area (Å²) in [6.07, 6.45) is 5.13. The predicted octanol–water partition coefficient (Wildman–Crippen LogP) is 2.25. The Kier molecular flexibility index (Phi) is 5.63. The Morgan fingerprint density at radius 3 is 2.94 bits per heavy atom. The fraction of sp³-hybridized carbons (Fsp3) is 0.714. The number of aliphatic hydroxyl groups is 1. The maximum Gasteiger partial charge on any atom is 0.101 e. The molecule has 0 spiro atoms. The Labute approximate surface area is 114 Å². The number of hydrogen-bond donors (Lipinski definition) is 2. The summed E-state index contributed by atoms with van der Waals surface area (Å²) >= 11 is 1.62. The van der Waals surface area contributed by atoms with Crippen molar-refractivity contribution < 1.29 is 5.11 Å². The number of nitrogens with one attached hydrogen (secondary N) is 1. The number of rotatable bonds is 7. The molecular formula is C14H24N2OS. The van der Waals surface area contributed by atoms with Crippen molar-refractivity contribution in [3.05, 3.63) is 22.4 Å². The van der Waals surface area contributed by atoms with Gasteiger partial charge in [0.2, 0.25) is 0 Å². The van der Waals surface area contributed by atoms with Gasteiger partial charge in [-0.3, -0.25) is 0 Å². The third kappa shape index (κ3) is 4.05. The molecule has 18 heavy (non-hydrogen) atoms. The molecule has 3 nitrogen and oxygen atoms in total. The van der Waals surface area contributed by atoms with Crippen LogP contribution in [0.25, 0.3) is 0 Å². The van der Waals surface area contributed by atoms with E-state index in [1.807, 2.05) is 17.5 Å². The fourth-order valence-corrected chi connectivity index (χ4v) is 3.32. The Bertz CT molecular complexity index is 323. The van der Waals surface area contributed by atoms with Gasteiger partial charge < -0.3 is 15.3 Å². The van der Waals surface area contributed by atoms with E-state index in [0.29, 0.717) is 6.54 Å². The Hall–Kier alpha value is -0.420. The third-order valence-electron chi connectivity index (χ3n) is 3.80. The highest BCUT2D eigenvalue weighted by Gasteiger charge is 2.18. The van der Waals surface area contributed by atoms with Gasteiger partial charge in [0.25, 0.3) is 0 Å². The molecule has 1 aliphatic rings. The SMILES string of the molecule is CN(CCNCC(O)c1cccs1)C1CCCC1. The number of likely N-dealkylation sites (N-methyl/N-ethyl adjacent to an activating group) is 1. The standard InChI is InChI=1S/C14H24N2OS/c1-16(12-5-2-3-6-12)9-8-15-11-13(17)14-7-4-10-18-14/h4,7,10,12-13,15,17H,2-3,5-6,8-9,11H2,1H3. The molecule has 102 valence electrons. The summed E-state index contributed by atoms with van der Waals surface area (Å²) in [5.74, 6) is 0. The average Bonchev–Trinajstić information content (AvgIpc) is 3.05. The van der Waals surface area contributed by atoms with Crippen molar-refractivity contribution in [1.29, 1.82) is 0 Å². The largest absolute Gasteiger partial charge is 0.386 e. The zero-order valence-corrected chi connectivity index (χ0v) is 12.0. The van der Waals surface area contributed by atoms with E-state index < -0.39 is 0 Å². The minimum absolute atomic E-state index is 0.359. The number of thiophene rings is 1. The van der Waals surface area contributed by atoms with Crippen LogP contribution in [0.15, 0.2) is 17.5 Å². The van der Waals surface area contributed by atoms with Crippen molar-refractivity contribution in [3.8, 4) is 0 Å². The minimum Gasteiger partial charge on any atom is -0.386 e. The van der Waals surface area contributed by atoms with E-state index in [0.717, 1.165) is 24.0 Å². The molecule has 4 heteroatoms.